The van der Waals surface area contributed by atoms with Gasteiger partial charge in [-0.3, -0.25) is 9.59 Å². The largest absolute Gasteiger partial charge is 0.497 e. The predicted octanol–water partition coefficient (Wildman–Crippen LogP) is 3.78. The molecule has 2 aromatic rings. The van der Waals surface area contributed by atoms with E-state index in [1.54, 1.807) is 24.3 Å². The first kappa shape index (κ1) is 19.7. The molecule has 8 heteroatoms. The molecule has 28 heavy (non-hydrogen) atoms. The molecule has 0 saturated carbocycles. The van der Waals surface area contributed by atoms with Crippen molar-refractivity contribution in [3.63, 3.8) is 0 Å². The Labute approximate surface area is 159 Å². The number of methoxy groups -OCH3 is 2. The van der Waals surface area contributed by atoms with Crippen molar-refractivity contribution >= 4 is 17.6 Å². The summed E-state index contributed by atoms with van der Waals surface area (Å²) in [5, 5.41) is 2.56. The van der Waals surface area contributed by atoms with Crippen molar-refractivity contribution in [3.05, 3.63) is 59.2 Å². The summed E-state index contributed by atoms with van der Waals surface area (Å²) in [5.41, 5.74) is 0.362. The second-order valence-corrected chi connectivity index (χ2v) is 6.44. The molecule has 1 aliphatic heterocycles. The van der Waals surface area contributed by atoms with Gasteiger partial charge in [-0.15, -0.1) is 0 Å². The standard InChI is InChI=1S/C20H18F3NO4/c1-27-14-6-3-11(4-7-14)15-10-12-9-13(20(21,22)23)5-8-16(12)24-18(25)17(15)19(26)28-2/h3-9,15,17H,10H2,1-2H3,(H,24,25). The minimum atomic E-state index is -4.51. The van der Waals surface area contributed by atoms with Gasteiger partial charge in [0.05, 0.1) is 19.8 Å². The predicted molar refractivity (Wildman–Crippen MR) is 95.0 cm³/mol. The lowest BCUT2D eigenvalue weighted by molar-refractivity contribution is -0.149. The van der Waals surface area contributed by atoms with E-state index in [4.69, 9.17) is 9.47 Å². The minimum Gasteiger partial charge on any atom is -0.497 e. The van der Waals surface area contributed by atoms with E-state index in [0.717, 1.165) is 12.1 Å². The number of amides is 1. The van der Waals surface area contributed by atoms with Gasteiger partial charge in [-0.2, -0.15) is 13.2 Å². The van der Waals surface area contributed by atoms with Gasteiger partial charge in [-0.05, 0) is 47.9 Å². The molecular formula is C20H18F3NO4. The molecule has 2 aromatic carbocycles. The molecular weight excluding hydrogens is 375 g/mol. The molecule has 2 atom stereocenters. The normalized spacial score (nSPS) is 19.2. The number of halogens is 3. The first-order chi connectivity index (χ1) is 13.2. The number of ether oxygens (including phenoxy) is 2. The first-order valence-corrected chi connectivity index (χ1v) is 8.47. The number of benzene rings is 2. The molecule has 148 valence electrons. The van der Waals surface area contributed by atoms with Crippen LogP contribution in [0.4, 0.5) is 18.9 Å². The van der Waals surface area contributed by atoms with Gasteiger partial charge in [0, 0.05) is 11.6 Å². The van der Waals surface area contributed by atoms with Gasteiger partial charge in [0.25, 0.3) is 0 Å². The zero-order chi connectivity index (χ0) is 20.5. The van der Waals surface area contributed by atoms with Crippen LogP contribution in [-0.4, -0.2) is 26.1 Å². The fourth-order valence-corrected chi connectivity index (χ4v) is 3.37. The quantitative estimate of drug-likeness (QED) is 0.637. The topological polar surface area (TPSA) is 64.6 Å². The highest BCUT2D eigenvalue weighted by atomic mass is 19.4. The summed E-state index contributed by atoms with van der Waals surface area (Å²) in [6.07, 6.45) is -4.45. The Hall–Kier alpha value is -3.03. The Morgan fingerprint density at radius 1 is 1.11 bits per heavy atom. The van der Waals surface area contributed by atoms with Crippen molar-refractivity contribution in [1.29, 1.82) is 0 Å². The number of carbonyl (C=O) groups excluding carboxylic acids is 2. The fourth-order valence-electron chi connectivity index (χ4n) is 3.37. The third kappa shape index (κ3) is 3.81. The van der Waals surface area contributed by atoms with Crippen LogP contribution in [0.25, 0.3) is 0 Å². The lowest BCUT2D eigenvalue weighted by Gasteiger charge is -2.22. The average molecular weight is 393 g/mol. The van der Waals surface area contributed by atoms with E-state index in [2.05, 4.69) is 5.32 Å². The number of anilines is 1. The smallest absolute Gasteiger partial charge is 0.416 e. The Bertz CT molecular complexity index is 893. The fraction of sp³-hybridized carbons (Fsp3) is 0.300. The Kier molecular flexibility index (Phi) is 5.31. The van der Waals surface area contributed by atoms with E-state index < -0.39 is 35.5 Å². The van der Waals surface area contributed by atoms with E-state index in [9.17, 15) is 22.8 Å². The van der Waals surface area contributed by atoms with Crippen molar-refractivity contribution in [2.45, 2.75) is 18.5 Å². The van der Waals surface area contributed by atoms with Gasteiger partial charge in [0.2, 0.25) is 5.91 Å². The van der Waals surface area contributed by atoms with Crippen LogP contribution in [0.5, 0.6) is 5.75 Å². The van der Waals surface area contributed by atoms with Gasteiger partial charge < -0.3 is 14.8 Å². The zero-order valence-electron chi connectivity index (χ0n) is 15.2. The number of carbonyl (C=O) groups is 2. The molecule has 2 unspecified atom stereocenters. The molecule has 1 N–H and O–H groups in total. The van der Waals surface area contributed by atoms with Crippen LogP contribution >= 0.6 is 0 Å². The molecule has 0 radical (unpaired) electrons. The summed E-state index contributed by atoms with van der Waals surface area (Å²) in [5.74, 6) is -2.67. The maximum Gasteiger partial charge on any atom is 0.416 e. The lowest BCUT2D eigenvalue weighted by atomic mass is 9.81. The van der Waals surface area contributed by atoms with E-state index in [1.165, 1.54) is 20.3 Å². The summed E-state index contributed by atoms with van der Waals surface area (Å²) >= 11 is 0. The highest BCUT2D eigenvalue weighted by Gasteiger charge is 2.40. The van der Waals surface area contributed by atoms with Crippen LogP contribution in [0, 0.1) is 5.92 Å². The molecule has 1 heterocycles. The van der Waals surface area contributed by atoms with Crippen LogP contribution in [0.15, 0.2) is 42.5 Å². The number of hydrogen-bond donors (Lipinski definition) is 1. The van der Waals surface area contributed by atoms with Crippen molar-refractivity contribution in [2.75, 3.05) is 19.5 Å². The van der Waals surface area contributed by atoms with E-state index >= 15 is 0 Å². The van der Waals surface area contributed by atoms with Crippen LogP contribution < -0.4 is 10.1 Å². The second kappa shape index (κ2) is 7.53. The van der Waals surface area contributed by atoms with Crippen LogP contribution in [-0.2, 0) is 26.9 Å². The number of hydrogen-bond acceptors (Lipinski definition) is 4. The Morgan fingerprint density at radius 3 is 2.36 bits per heavy atom. The van der Waals surface area contributed by atoms with Gasteiger partial charge in [-0.25, -0.2) is 0 Å². The third-order valence-electron chi connectivity index (χ3n) is 4.81. The number of alkyl halides is 3. The molecule has 5 nitrogen and oxygen atoms in total. The number of fused-ring (bicyclic) bond motifs is 1. The van der Waals surface area contributed by atoms with Gasteiger partial charge in [-0.1, -0.05) is 12.1 Å². The lowest BCUT2D eigenvalue weighted by Crippen LogP contribution is -2.34. The van der Waals surface area contributed by atoms with Gasteiger partial charge >= 0.3 is 12.1 Å². The van der Waals surface area contributed by atoms with Crippen molar-refractivity contribution < 1.29 is 32.2 Å². The van der Waals surface area contributed by atoms with Crippen molar-refractivity contribution in [2.24, 2.45) is 5.92 Å². The maximum atomic E-state index is 13.1. The Morgan fingerprint density at radius 2 is 1.79 bits per heavy atom. The van der Waals surface area contributed by atoms with Crippen molar-refractivity contribution in [3.8, 4) is 5.75 Å². The molecule has 1 aliphatic rings. The molecule has 1 amide bonds. The Balaban J connectivity index is 2.09. The maximum absolute atomic E-state index is 13.1. The monoisotopic (exact) mass is 393 g/mol. The third-order valence-corrected chi connectivity index (χ3v) is 4.81. The van der Waals surface area contributed by atoms with Crippen molar-refractivity contribution in [1.82, 2.24) is 0 Å². The first-order valence-electron chi connectivity index (χ1n) is 8.47. The number of nitrogens with one attached hydrogen (secondary N) is 1. The molecule has 0 fully saturated rings. The summed E-state index contributed by atoms with van der Waals surface area (Å²) in [6, 6.07) is 9.82. The highest BCUT2D eigenvalue weighted by molar-refractivity contribution is 6.06. The van der Waals surface area contributed by atoms with E-state index in [1.807, 2.05) is 0 Å². The molecule has 0 aromatic heterocycles. The number of esters is 1. The summed E-state index contributed by atoms with van der Waals surface area (Å²) in [7, 11) is 2.67. The van der Waals surface area contributed by atoms with Gasteiger partial charge in [0.1, 0.15) is 11.7 Å². The second-order valence-electron chi connectivity index (χ2n) is 6.44. The average Bonchev–Trinajstić information content (AvgIpc) is 2.81. The summed E-state index contributed by atoms with van der Waals surface area (Å²) in [4.78, 5) is 25.0. The van der Waals surface area contributed by atoms with Gasteiger partial charge in [0.15, 0.2) is 0 Å². The number of rotatable bonds is 3. The molecule has 0 saturated heterocycles. The molecule has 3 rings (SSSR count). The summed E-state index contributed by atoms with van der Waals surface area (Å²) < 4.78 is 49.3. The minimum absolute atomic E-state index is 0.0596. The zero-order valence-corrected chi connectivity index (χ0v) is 15.2. The van der Waals surface area contributed by atoms with E-state index in [-0.39, 0.29) is 12.1 Å². The molecule has 0 bridgehead atoms. The van der Waals surface area contributed by atoms with Crippen LogP contribution in [0.2, 0.25) is 0 Å². The van der Waals surface area contributed by atoms with Crippen LogP contribution in [0.3, 0.4) is 0 Å². The van der Waals surface area contributed by atoms with Crippen LogP contribution in [0.1, 0.15) is 22.6 Å². The highest BCUT2D eigenvalue weighted by Crippen LogP contribution is 2.39. The SMILES string of the molecule is COC(=O)C1C(=O)Nc2ccc(C(F)(F)F)cc2CC1c1ccc(OC)cc1. The molecule has 0 aliphatic carbocycles. The summed E-state index contributed by atoms with van der Waals surface area (Å²) in [6.45, 7) is 0. The van der Waals surface area contributed by atoms with E-state index in [0.29, 0.717) is 16.9 Å². The molecule has 0 spiro atoms.